The SMILES string of the molecule is CC12CC3CC(C)(C1)CC(NC(=O)NC1CC1)(C3)C2. The lowest BCUT2D eigenvalue weighted by atomic mass is 9.43. The van der Waals surface area contributed by atoms with E-state index in [0.29, 0.717) is 16.9 Å². The summed E-state index contributed by atoms with van der Waals surface area (Å²) in [6.07, 6.45) is 10.1. The molecule has 5 aliphatic rings. The molecule has 2 unspecified atom stereocenters. The number of urea groups is 1. The van der Waals surface area contributed by atoms with Gasteiger partial charge < -0.3 is 10.6 Å². The van der Waals surface area contributed by atoms with E-state index in [1.807, 2.05) is 0 Å². The van der Waals surface area contributed by atoms with Gasteiger partial charge in [-0.1, -0.05) is 13.8 Å². The summed E-state index contributed by atoms with van der Waals surface area (Å²) in [6.45, 7) is 4.90. The molecule has 0 spiro atoms. The minimum absolute atomic E-state index is 0.0941. The van der Waals surface area contributed by atoms with Gasteiger partial charge in [-0.25, -0.2) is 4.79 Å². The fourth-order valence-corrected chi connectivity index (χ4v) is 6.28. The average Bonchev–Trinajstić information content (AvgIpc) is 2.93. The van der Waals surface area contributed by atoms with E-state index in [9.17, 15) is 4.79 Å². The number of rotatable bonds is 2. The van der Waals surface area contributed by atoms with Crippen LogP contribution >= 0.6 is 0 Å². The van der Waals surface area contributed by atoms with Gasteiger partial charge in [-0.3, -0.25) is 0 Å². The molecule has 2 N–H and O–H groups in total. The maximum atomic E-state index is 12.2. The standard InChI is InChI=1S/C16H26N2O/c1-14-5-11-6-15(2,8-14)10-16(7-11,9-14)18-13(19)17-12-3-4-12/h11-12H,3-10H2,1-2H3,(H2,17,18,19). The van der Waals surface area contributed by atoms with Crippen LogP contribution in [-0.2, 0) is 0 Å². The molecule has 5 aliphatic carbocycles. The Bertz CT molecular complexity index is 410. The fraction of sp³-hybridized carbons (Fsp3) is 0.938. The predicted octanol–water partition coefficient (Wildman–Crippen LogP) is 3.20. The molecule has 3 nitrogen and oxygen atoms in total. The van der Waals surface area contributed by atoms with Crippen LogP contribution in [-0.4, -0.2) is 17.6 Å². The zero-order valence-electron chi connectivity index (χ0n) is 12.2. The zero-order valence-corrected chi connectivity index (χ0v) is 12.2. The second-order valence-corrected chi connectivity index (χ2v) is 8.78. The van der Waals surface area contributed by atoms with Crippen molar-refractivity contribution < 1.29 is 4.79 Å². The molecule has 3 heteroatoms. The summed E-state index contributed by atoms with van der Waals surface area (Å²) >= 11 is 0. The second-order valence-electron chi connectivity index (χ2n) is 8.78. The highest BCUT2D eigenvalue weighted by molar-refractivity contribution is 5.75. The lowest BCUT2D eigenvalue weighted by molar-refractivity contribution is -0.113. The van der Waals surface area contributed by atoms with Gasteiger partial charge in [-0.2, -0.15) is 0 Å². The van der Waals surface area contributed by atoms with Crippen LogP contribution < -0.4 is 10.6 Å². The summed E-state index contributed by atoms with van der Waals surface area (Å²) < 4.78 is 0. The highest BCUT2D eigenvalue weighted by Crippen LogP contribution is 2.66. The first-order valence-corrected chi connectivity index (χ1v) is 7.97. The number of hydrogen-bond acceptors (Lipinski definition) is 1. The van der Waals surface area contributed by atoms with Crippen LogP contribution in [0, 0.1) is 16.7 Å². The molecule has 4 bridgehead atoms. The van der Waals surface area contributed by atoms with Gasteiger partial charge in [0.1, 0.15) is 0 Å². The van der Waals surface area contributed by atoms with Gasteiger partial charge in [0.05, 0.1) is 0 Å². The Morgan fingerprint density at radius 3 is 2.16 bits per heavy atom. The molecule has 2 amide bonds. The Labute approximate surface area is 115 Å². The molecule has 0 aromatic heterocycles. The molecule has 0 heterocycles. The third-order valence-electron chi connectivity index (χ3n) is 5.92. The van der Waals surface area contributed by atoms with Crippen molar-refractivity contribution in [2.24, 2.45) is 16.7 Å². The third-order valence-corrected chi connectivity index (χ3v) is 5.92. The maximum absolute atomic E-state index is 12.2. The van der Waals surface area contributed by atoms with Gasteiger partial charge in [0.25, 0.3) is 0 Å². The normalized spacial score (nSPS) is 51.2. The molecule has 106 valence electrons. The van der Waals surface area contributed by atoms with Crippen molar-refractivity contribution in [2.75, 3.05) is 0 Å². The minimum Gasteiger partial charge on any atom is -0.335 e. The Morgan fingerprint density at radius 1 is 1.00 bits per heavy atom. The van der Waals surface area contributed by atoms with Crippen molar-refractivity contribution in [3.8, 4) is 0 Å². The van der Waals surface area contributed by atoms with Crippen LogP contribution in [0.25, 0.3) is 0 Å². The van der Waals surface area contributed by atoms with E-state index in [0.717, 1.165) is 5.92 Å². The molecule has 19 heavy (non-hydrogen) atoms. The Morgan fingerprint density at radius 2 is 1.63 bits per heavy atom. The zero-order chi connectivity index (χ0) is 13.3. The summed E-state index contributed by atoms with van der Waals surface area (Å²) in [7, 11) is 0. The van der Waals surface area contributed by atoms with Gasteiger partial charge >= 0.3 is 6.03 Å². The van der Waals surface area contributed by atoms with Crippen molar-refractivity contribution in [3.63, 3.8) is 0 Å². The van der Waals surface area contributed by atoms with E-state index in [4.69, 9.17) is 0 Å². The van der Waals surface area contributed by atoms with E-state index >= 15 is 0 Å². The molecule has 0 aromatic carbocycles. The molecule has 5 rings (SSSR count). The van der Waals surface area contributed by atoms with Crippen LogP contribution in [0.4, 0.5) is 4.79 Å². The minimum atomic E-state index is 0.0941. The van der Waals surface area contributed by atoms with E-state index in [1.54, 1.807) is 0 Å². The molecule has 2 atom stereocenters. The van der Waals surface area contributed by atoms with E-state index in [-0.39, 0.29) is 11.6 Å². The Balaban J connectivity index is 1.54. The largest absolute Gasteiger partial charge is 0.335 e. The van der Waals surface area contributed by atoms with Gasteiger partial charge in [0, 0.05) is 11.6 Å². The number of amides is 2. The van der Waals surface area contributed by atoms with Gasteiger partial charge in [0.2, 0.25) is 0 Å². The van der Waals surface area contributed by atoms with Crippen molar-refractivity contribution in [1.82, 2.24) is 10.6 Å². The van der Waals surface area contributed by atoms with E-state index in [2.05, 4.69) is 24.5 Å². The van der Waals surface area contributed by atoms with Crippen LogP contribution in [0.15, 0.2) is 0 Å². The number of nitrogens with one attached hydrogen (secondary N) is 2. The maximum Gasteiger partial charge on any atom is 0.315 e. The van der Waals surface area contributed by atoms with Crippen LogP contribution in [0.2, 0.25) is 0 Å². The van der Waals surface area contributed by atoms with E-state index in [1.165, 1.54) is 51.4 Å². The first-order valence-electron chi connectivity index (χ1n) is 7.97. The fourth-order valence-electron chi connectivity index (χ4n) is 6.28. The molecule has 0 radical (unpaired) electrons. The highest BCUT2D eigenvalue weighted by atomic mass is 16.2. The van der Waals surface area contributed by atoms with Crippen molar-refractivity contribution in [2.45, 2.75) is 76.8 Å². The number of carbonyl (C=O) groups excluding carboxylic acids is 1. The average molecular weight is 262 g/mol. The molecule has 5 fully saturated rings. The lowest BCUT2D eigenvalue weighted by Crippen LogP contribution is -2.66. The molecule has 5 saturated carbocycles. The monoisotopic (exact) mass is 262 g/mol. The summed E-state index contributed by atoms with van der Waals surface area (Å²) in [4.78, 5) is 12.2. The highest BCUT2D eigenvalue weighted by Gasteiger charge is 2.60. The third kappa shape index (κ3) is 2.05. The number of carbonyl (C=O) groups is 1. The Hall–Kier alpha value is -0.730. The van der Waals surface area contributed by atoms with Gasteiger partial charge in [0.15, 0.2) is 0 Å². The first-order chi connectivity index (χ1) is 8.88. The number of hydrogen-bond donors (Lipinski definition) is 2. The topological polar surface area (TPSA) is 41.1 Å². The summed E-state index contributed by atoms with van der Waals surface area (Å²) in [5, 5.41) is 6.50. The van der Waals surface area contributed by atoms with Crippen molar-refractivity contribution >= 4 is 6.03 Å². The summed E-state index contributed by atoms with van der Waals surface area (Å²) in [5.41, 5.74) is 1.05. The smallest absolute Gasteiger partial charge is 0.315 e. The van der Waals surface area contributed by atoms with E-state index < -0.39 is 0 Å². The second kappa shape index (κ2) is 3.48. The quantitative estimate of drug-likeness (QED) is 0.788. The molecule has 0 aromatic rings. The van der Waals surface area contributed by atoms with Gasteiger partial charge in [-0.05, 0) is 68.1 Å². The lowest BCUT2D eigenvalue weighted by Gasteiger charge is -2.65. The van der Waals surface area contributed by atoms with Crippen molar-refractivity contribution in [1.29, 1.82) is 0 Å². The molecule has 0 aliphatic heterocycles. The molecule has 0 saturated heterocycles. The van der Waals surface area contributed by atoms with Crippen molar-refractivity contribution in [3.05, 3.63) is 0 Å². The summed E-state index contributed by atoms with van der Waals surface area (Å²) in [5.74, 6) is 0.840. The summed E-state index contributed by atoms with van der Waals surface area (Å²) in [6, 6.07) is 0.553. The van der Waals surface area contributed by atoms with Crippen LogP contribution in [0.3, 0.4) is 0 Å². The molecular weight excluding hydrogens is 236 g/mol. The van der Waals surface area contributed by atoms with Gasteiger partial charge in [-0.15, -0.1) is 0 Å². The van der Waals surface area contributed by atoms with Crippen LogP contribution in [0.5, 0.6) is 0 Å². The molecular formula is C16H26N2O. The first kappa shape index (κ1) is 12.0. The van der Waals surface area contributed by atoms with Crippen LogP contribution in [0.1, 0.15) is 65.2 Å². The predicted molar refractivity (Wildman–Crippen MR) is 74.8 cm³/mol. The Kier molecular flexibility index (Phi) is 2.20.